The molecule has 0 N–H and O–H groups in total. The molecule has 31 heteroatoms. The third-order valence-electron chi connectivity index (χ3n) is 15.3. The minimum atomic E-state index is -0.302. The first kappa shape index (κ1) is 57.7. The zero-order valence-electron chi connectivity index (χ0n) is 41.7. The zero-order valence-corrected chi connectivity index (χ0v) is 41.7. The molecule has 0 aliphatic rings. The van der Waals surface area contributed by atoms with Gasteiger partial charge in [0.1, 0.15) is 247 Å². The van der Waals surface area contributed by atoms with Gasteiger partial charge in [-0.3, -0.25) is 0 Å². The highest BCUT2D eigenvalue weighted by Crippen LogP contribution is 2.42. The van der Waals surface area contributed by atoms with Gasteiger partial charge in [0.05, 0.1) is 0 Å². The van der Waals surface area contributed by atoms with Crippen molar-refractivity contribution in [2.45, 2.75) is 0 Å². The predicted octanol–water partition coefficient (Wildman–Crippen LogP) is -22.5. The Morgan fingerprint density at radius 2 is 0.291 bits per heavy atom. The first-order chi connectivity index (χ1) is 36.8. The van der Waals surface area contributed by atoms with Crippen molar-refractivity contribution >= 4 is 454 Å². The number of hydrogen-bond donors (Lipinski definition) is 0. The molecular weight excluding hydrogens is 917 g/mol. The van der Waals surface area contributed by atoms with Crippen molar-refractivity contribution in [3.8, 4) is 44.5 Å². The van der Waals surface area contributed by atoms with Gasteiger partial charge in [0.25, 0.3) is 0 Å². The monoisotopic (exact) mass is 922 g/mol. The fourth-order valence-corrected chi connectivity index (χ4v) is 11.0. The van der Waals surface area contributed by atoms with E-state index >= 15 is 0 Å². The number of furan rings is 1. The number of benzene rings is 9. The highest BCUT2D eigenvalue weighted by atomic mass is 16.3. The van der Waals surface area contributed by atoms with Crippen molar-refractivity contribution in [3.05, 3.63) is 0 Å². The van der Waals surface area contributed by atoms with Crippen molar-refractivity contribution in [1.29, 1.82) is 0 Å². The van der Waals surface area contributed by atoms with Gasteiger partial charge in [-0.2, -0.15) is 0 Å². The second-order valence-corrected chi connectivity index (χ2v) is 19.2. The lowest BCUT2D eigenvalue weighted by Gasteiger charge is -2.34. The lowest BCUT2D eigenvalue weighted by molar-refractivity contribution is 0.676. The van der Waals surface area contributed by atoms with Gasteiger partial charge in [-0.25, -0.2) is 0 Å². The van der Waals surface area contributed by atoms with Gasteiger partial charge in [0.2, 0.25) is 0 Å². The van der Waals surface area contributed by atoms with Gasteiger partial charge < -0.3 is 4.42 Å². The maximum atomic E-state index is 7.40. The Kier molecular flexibility index (Phi) is 14.3. The fourth-order valence-electron chi connectivity index (χ4n) is 11.0. The largest absolute Gasteiger partial charge is 0.456 e. The summed E-state index contributed by atoms with van der Waals surface area (Å²) in [5, 5.41) is 0.0618. The molecule has 288 valence electrons. The van der Waals surface area contributed by atoms with Crippen LogP contribution in [0.15, 0.2) is 4.42 Å². The molecule has 0 bridgehead atoms. The number of hydrogen-bond acceptors (Lipinski definition) is 1. The van der Waals surface area contributed by atoms with Gasteiger partial charge in [-0.15, -0.1) is 60.1 Å². The molecule has 10 rings (SSSR count). The molecule has 0 atom stereocenters. The van der Waals surface area contributed by atoms with Crippen LogP contribution in [0.3, 0.4) is 0 Å². The van der Waals surface area contributed by atoms with E-state index in [0.29, 0.717) is 0 Å². The SMILES string of the molecule is [B]c1c([B])c([B])c(-c2c([B])c([B])c(-c3c([B])c([B])c([B])c([B])c3-c3c4c([B])c([B])c([B])c([B])c4c(-c4c([B])c([B])c5oc6c7c([B])c([B])c([B])c([B])c7c([B])c([B])c6c5c4[B])c4c([B])c([B])c([B])c([B])c34)c([B])c2[B])c([B])c1[B]. The summed E-state index contributed by atoms with van der Waals surface area (Å²) in [6, 6.07) is 0. The van der Waals surface area contributed by atoms with Crippen LogP contribution in [0.2, 0.25) is 0 Å². The van der Waals surface area contributed by atoms with Crippen LogP contribution in [-0.4, -0.2) is 235 Å². The Balaban J connectivity index is 1.48. The Labute approximate surface area is 498 Å². The smallest absolute Gasteiger partial charge is 0.141 e. The van der Waals surface area contributed by atoms with E-state index in [1.807, 2.05) is 0 Å². The minimum absolute atomic E-state index is 0.00258. The second-order valence-electron chi connectivity index (χ2n) is 19.2. The summed E-state index contributed by atoms with van der Waals surface area (Å²) >= 11 is 0. The Bertz CT molecular complexity index is 4460. The Morgan fingerprint density at radius 1 is 0.114 bits per heavy atom. The molecule has 0 aliphatic carbocycles. The summed E-state index contributed by atoms with van der Waals surface area (Å²) in [4.78, 5) is 0. The summed E-state index contributed by atoms with van der Waals surface area (Å²) in [5.41, 5.74) is -6.96. The Hall–Kier alpha value is -4.49. The van der Waals surface area contributed by atoms with E-state index in [4.69, 9.17) is 240 Å². The van der Waals surface area contributed by atoms with E-state index < -0.39 is 0 Å². The second kappa shape index (κ2) is 19.6. The summed E-state index contributed by atoms with van der Waals surface area (Å²) in [6.07, 6.45) is 0. The molecule has 0 aliphatic heterocycles. The maximum Gasteiger partial charge on any atom is 0.141 e. The van der Waals surface area contributed by atoms with Crippen LogP contribution < -0.4 is 164 Å². The molecule has 1 aromatic heterocycles. The first-order valence-corrected chi connectivity index (χ1v) is 23.1. The topological polar surface area (TPSA) is 13.1 Å². The highest BCUT2D eigenvalue weighted by Gasteiger charge is 2.32. The van der Waals surface area contributed by atoms with E-state index in [1.54, 1.807) is 0 Å². The van der Waals surface area contributed by atoms with Crippen LogP contribution in [0.1, 0.15) is 0 Å². The van der Waals surface area contributed by atoms with Crippen LogP contribution in [0.4, 0.5) is 0 Å². The Morgan fingerprint density at radius 3 is 0.658 bits per heavy atom. The van der Waals surface area contributed by atoms with Gasteiger partial charge in [-0.05, 0) is 71.4 Å². The van der Waals surface area contributed by atoms with Crippen LogP contribution in [0.25, 0.3) is 98.8 Å². The van der Waals surface area contributed by atoms with Crippen LogP contribution >= 0.6 is 0 Å². The first-order valence-electron chi connectivity index (χ1n) is 23.1. The van der Waals surface area contributed by atoms with Crippen molar-refractivity contribution in [2.75, 3.05) is 0 Å². The lowest BCUT2D eigenvalue weighted by Crippen LogP contribution is -2.57. The summed E-state index contributed by atoms with van der Waals surface area (Å²) in [5.74, 6) is 0. The quantitative estimate of drug-likeness (QED) is 0.127. The molecule has 0 spiro atoms. The molecule has 0 saturated carbocycles. The van der Waals surface area contributed by atoms with Gasteiger partial charge in [0, 0.05) is 16.2 Å². The normalized spacial score (nSPS) is 11.8. The van der Waals surface area contributed by atoms with E-state index in [9.17, 15) is 0 Å². The summed E-state index contributed by atoms with van der Waals surface area (Å²) < 4.78 is 6.49. The molecule has 0 fully saturated rings. The van der Waals surface area contributed by atoms with Gasteiger partial charge >= 0.3 is 0 Å². The summed E-state index contributed by atoms with van der Waals surface area (Å²) in [6.45, 7) is 0. The molecule has 79 heavy (non-hydrogen) atoms. The minimum Gasteiger partial charge on any atom is -0.456 e. The highest BCUT2D eigenvalue weighted by molar-refractivity contribution is 6.77. The standard InChI is InChI=1S/C48B30O/c49-17-9(32(64)46(78)48-15(17)16-33(65)28(60)13-14(47(16)79-48)34(66)44(76)41(73)31(13)63)2-6-3(18(50)35(67)38(70)21(6)53)1(4-7(2)22(54)39(71)36(68)19(4)51)5-8(23(55)40(72)37(69)20(5)52)10-24(56)26(58)11(27(59)25(10)57)12-29(61)42(74)45(77)43(75)30(12)62. The molecule has 10 aromatic rings. The van der Waals surface area contributed by atoms with Crippen molar-refractivity contribution < 1.29 is 4.42 Å². The molecule has 0 saturated heterocycles. The third-order valence-corrected chi connectivity index (χ3v) is 15.3. The van der Waals surface area contributed by atoms with Gasteiger partial charge in [-0.1, -0.05) is 104 Å². The molecule has 1 nitrogen and oxygen atoms in total. The van der Waals surface area contributed by atoms with E-state index in [2.05, 4.69) is 0 Å². The summed E-state index contributed by atoms with van der Waals surface area (Å²) in [7, 11) is 204. The molecular formula is C48B30O. The van der Waals surface area contributed by atoms with Crippen molar-refractivity contribution in [3.63, 3.8) is 0 Å². The molecule has 0 amide bonds. The van der Waals surface area contributed by atoms with Crippen molar-refractivity contribution in [2.24, 2.45) is 0 Å². The molecule has 0 unspecified atom stereocenters. The lowest BCUT2D eigenvalue weighted by atomic mass is 9.54. The third kappa shape index (κ3) is 7.52. The average molecular weight is 917 g/mol. The van der Waals surface area contributed by atoms with Crippen LogP contribution in [0.5, 0.6) is 0 Å². The fraction of sp³-hybridized carbons (Fsp3) is 0. The van der Waals surface area contributed by atoms with Gasteiger partial charge in [0.15, 0.2) is 0 Å². The predicted molar refractivity (Wildman–Crippen MR) is 370 cm³/mol. The van der Waals surface area contributed by atoms with Crippen molar-refractivity contribution in [1.82, 2.24) is 0 Å². The maximum absolute atomic E-state index is 7.40. The van der Waals surface area contributed by atoms with Crippen LogP contribution in [0, 0.1) is 0 Å². The molecule has 9 aromatic carbocycles. The zero-order chi connectivity index (χ0) is 58.4. The molecule has 60 radical (unpaired) electrons. The number of fused-ring (bicyclic) bond motifs is 7. The van der Waals surface area contributed by atoms with E-state index in [1.165, 1.54) is 0 Å². The average Bonchev–Trinajstić information content (AvgIpc) is 3.96. The van der Waals surface area contributed by atoms with Crippen LogP contribution in [-0.2, 0) is 0 Å². The number of rotatable bonds is 4. The van der Waals surface area contributed by atoms with E-state index in [0.717, 1.165) is 0 Å². The molecule has 1 heterocycles. The van der Waals surface area contributed by atoms with E-state index in [-0.39, 0.29) is 263 Å².